The molecule has 0 aliphatic carbocycles. The zero-order chi connectivity index (χ0) is 23.2. The number of aryl methyl sites for hydroxylation is 2. The molecule has 1 amide bonds. The van der Waals surface area contributed by atoms with E-state index in [0.29, 0.717) is 31.7 Å². The first-order valence-corrected chi connectivity index (χ1v) is 10.4. The van der Waals surface area contributed by atoms with Gasteiger partial charge in [0.1, 0.15) is 5.82 Å². The summed E-state index contributed by atoms with van der Waals surface area (Å²) in [5.41, 5.74) is 2.16. The second-order valence-electron chi connectivity index (χ2n) is 7.14. The van der Waals surface area contributed by atoms with Crippen molar-refractivity contribution in [3.63, 3.8) is 0 Å². The van der Waals surface area contributed by atoms with Gasteiger partial charge in [-0.2, -0.15) is 21.6 Å². The minimum Gasteiger partial charge on any atom is -0.355 e. The van der Waals surface area contributed by atoms with Gasteiger partial charge in [-0.1, -0.05) is 17.7 Å². The molecule has 0 bridgehead atoms. The molecule has 1 aromatic heterocycles. The van der Waals surface area contributed by atoms with Crippen LogP contribution in [0.5, 0.6) is 0 Å². The van der Waals surface area contributed by atoms with Crippen LogP contribution < -0.4 is 10.2 Å². The number of alkyl halides is 3. The van der Waals surface area contributed by atoms with E-state index in [9.17, 15) is 18.0 Å². The van der Waals surface area contributed by atoms with E-state index in [1.54, 1.807) is 0 Å². The van der Waals surface area contributed by atoms with Crippen LogP contribution in [0.1, 0.15) is 29.5 Å². The van der Waals surface area contributed by atoms with Gasteiger partial charge in [0, 0.05) is 30.9 Å². The van der Waals surface area contributed by atoms with Gasteiger partial charge in [0.15, 0.2) is 0 Å². The highest BCUT2D eigenvalue weighted by Gasteiger charge is 2.33. The van der Waals surface area contributed by atoms with Crippen LogP contribution in [0.2, 0.25) is 5.02 Å². The number of rotatable bonds is 3. The number of halogens is 4. The van der Waals surface area contributed by atoms with Crippen LogP contribution in [0.4, 0.5) is 24.7 Å². The number of nitrogens with zero attached hydrogens (tertiary/aromatic N) is 2. The van der Waals surface area contributed by atoms with Gasteiger partial charge in [-0.15, -0.1) is 0 Å². The topological polar surface area (TPSA) is 79.4 Å². The molecule has 0 atom stereocenters. The highest BCUT2D eigenvalue weighted by Crippen LogP contribution is 2.34. The molecule has 1 aliphatic heterocycles. The van der Waals surface area contributed by atoms with Crippen molar-refractivity contribution in [2.45, 2.75) is 32.9 Å². The number of carbonyl (C=O) groups excluding carboxylic acids is 1. The van der Waals surface area contributed by atoms with Crippen LogP contribution in [-0.4, -0.2) is 32.4 Å². The van der Waals surface area contributed by atoms with Crippen LogP contribution in [0.3, 0.4) is 0 Å². The Morgan fingerprint density at radius 3 is 2.29 bits per heavy atom. The third-order valence-electron chi connectivity index (χ3n) is 5.09. The molecule has 2 aromatic rings. The molecular formula is C20H21ClF3N3O3S. The van der Waals surface area contributed by atoms with Gasteiger partial charge in [0.25, 0.3) is 0 Å². The highest BCUT2D eigenvalue weighted by atomic mass is 35.5. The zero-order valence-electron chi connectivity index (χ0n) is 16.8. The van der Waals surface area contributed by atoms with Crippen LogP contribution in [-0.2, 0) is 22.5 Å². The lowest BCUT2D eigenvalue weighted by atomic mass is 9.95. The fourth-order valence-corrected chi connectivity index (χ4v) is 3.52. The molecule has 3 rings (SSSR count). The number of anilines is 2. The summed E-state index contributed by atoms with van der Waals surface area (Å²) in [7, 11) is 0. The van der Waals surface area contributed by atoms with Gasteiger partial charge >= 0.3 is 17.7 Å². The fourth-order valence-electron chi connectivity index (χ4n) is 3.24. The molecule has 1 N–H and O–H groups in total. The summed E-state index contributed by atoms with van der Waals surface area (Å²) in [5, 5.41) is 2.91. The number of pyridine rings is 1. The van der Waals surface area contributed by atoms with E-state index in [-0.39, 0.29) is 16.8 Å². The Hall–Kier alpha value is -2.46. The van der Waals surface area contributed by atoms with E-state index in [1.165, 1.54) is 0 Å². The number of hydrogen-bond acceptors (Lipinski definition) is 5. The predicted molar refractivity (Wildman–Crippen MR) is 113 cm³/mol. The molecule has 1 aromatic carbocycles. The van der Waals surface area contributed by atoms with E-state index in [1.807, 2.05) is 36.9 Å². The predicted octanol–water partition coefficient (Wildman–Crippen LogP) is 4.56. The maximum absolute atomic E-state index is 12.8. The number of aromatic nitrogens is 1. The molecule has 1 saturated heterocycles. The van der Waals surface area contributed by atoms with E-state index < -0.39 is 23.3 Å². The van der Waals surface area contributed by atoms with Gasteiger partial charge in [-0.3, -0.25) is 4.79 Å². The third kappa shape index (κ3) is 6.76. The molecule has 0 radical (unpaired) electrons. The van der Waals surface area contributed by atoms with Gasteiger partial charge < -0.3 is 10.2 Å². The normalized spacial score (nSPS) is 14.5. The summed E-state index contributed by atoms with van der Waals surface area (Å²) in [5.74, 6) is 0.114. The Labute approximate surface area is 186 Å². The molecule has 11 heteroatoms. The lowest BCUT2D eigenvalue weighted by molar-refractivity contribution is -0.137. The van der Waals surface area contributed by atoms with E-state index in [4.69, 9.17) is 20.0 Å². The van der Waals surface area contributed by atoms with Crippen LogP contribution in [0.25, 0.3) is 0 Å². The van der Waals surface area contributed by atoms with Crippen LogP contribution >= 0.6 is 11.6 Å². The highest BCUT2D eigenvalue weighted by molar-refractivity contribution is 7.51. The number of piperidine rings is 1. The zero-order valence-corrected chi connectivity index (χ0v) is 18.4. The summed E-state index contributed by atoms with van der Waals surface area (Å²) >= 11 is 5.27. The summed E-state index contributed by atoms with van der Waals surface area (Å²) < 4.78 is 54.8. The summed E-state index contributed by atoms with van der Waals surface area (Å²) in [6.07, 6.45) is -2.53. The average Bonchev–Trinajstić information content (AvgIpc) is 2.71. The molecule has 1 aliphatic rings. The van der Waals surface area contributed by atoms with Crippen molar-refractivity contribution < 1.29 is 26.4 Å². The summed E-state index contributed by atoms with van der Waals surface area (Å²) in [6, 6.07) is 6.67. The van der Waals surface area contributed by atoms with Crippen molar-refractivity contribution >= 4 is 40.6 Å². The summed E-state index contributed by atoms with van der Waals surface area (Å²) in [6.45, 7) is 5.01. The maximum Gasteiger partial charge on any atom is 0.417 e. The lowest BCUT2D eigenvalue weighted by Crippen LogP contribution is -2.38. The standard InChI is InChI=1S/C20H21ClF3N3O.O2S/c1-12-3-4-16(9-13(12)2)26-19(28)14-5-7-27(8-6-14)18-17(21)10-15(11-25-18)20(22,23)24;1-3-2/h3-4,9-11,14H,5-8H2,1-2H3,(H,26,28);. The average molecular weight is 476 g/mol. The molecule has 0 spiro atoms. The SMILES string of the molecule is Cc1ccc(NC(=O)C2CCN(c3ncc(C(F)(F)F)cc3Cl)CC2)cc1C.O=S=O. The maximum atomic E-state index is 12.8. The number of hydrogen-bond donors (Lipinski definition) is 1. The molecular weight excluding hydrogens is 455 g/mol. The molecule has 0 unspecified atom stereocenters. The minimum absolute atomic E-state index is 0.0344. The van der Waals surface area contributed by atoms with Crippen LogP contribution in [0, 0.1) is 19.8 Å². The van der Waals surface area contributed by atoms with Crippen LogP contribution in [0.15, 0.2) is 30.5 Å². The second-order valence-corrected chi connectivity index (χ2v) is 7.69. The van der Waals surface area contributed by atoms with E-state index in [2.05, 4.69) is 10.3 Å². The Balaban J connectivity index is 0.00000107. The first-order chi connectivity index (χ1) is 14.6. The van der Waals surface area contributed by atoms with Gasteiger partial charge in [0.05, 0.1) is 10.6 Å². The first kappa shape index (κ1) is 24.8. The fraction of sp³-hybridized carbons (Fsp3) is 0.400. The molecule has 31 heavy (non-hydrogen) atoms. The van der Waals surface area contributed by atoms with Crippen molar-refractivity contribution in [3.8, 4) is 0 Å². The van der Waals surface area contributed by atoms with Crippen molar-refractivity contribution in [3.05, 3.63) is 52.2 Å². The van der Waals surface area contributed by atoms with Gasteiger partial charge in [-0.25, -0.2) is 4.98 Å². The van der Waals surface area contributed by atoms with Gasteiger partial charge in [-0.05, 0) is 56.0 Å². The smallest absolute Gasteiger partial charge is 0.355 e. The monoisotopic (exact) mass is 475 g/mol. The Bertz CT molecular complexity index is 974. The van der Waals surface area contributed by atoms with Crippen molar-refractivity contribution in [1.82, 2.24) is 4.98 Å². The third-order valence-corrected chi connectivity index (χ3v) is 5.37. The van der Waals surface area contributed by atoms with E-state index in [0.717, 1.165) is 29.1 Å². The lowest BCUT2D eigenvalue weighted by Gasteiger charge is -2.32. The Kier molecular flexibility index (Phi) is 8.58. The van der Waals surface area contributed by atoms with Crippen molar-refractivity contribution in [2.75, 3.05) is 23.3 Å². The van der Waals surface area contributed by atoms with Gasteiger partial charge in [0.2, 0.25) is 5.91 Å². The number of nitrogens with one attached hydrogen (secondary N) is 1. The van der Waals surface area contributed by atoms with Crippen molar-refractivity contribution in [1.29, 1.82) is 0 Å². The molecule has 1 fully saturated rings. The molecule has 6 nitrogen and oxygen atoms in total. The quantitative estimate of drug-likeness (QED) is 0.704. The molecule has 168 valence electrons. The first-order valence-electron chi connectivity index (χ1n) is 9.34. The second kappa shape index (κ2) is 10.7. The number of carbonyl (C=O) groups is 1. The minimum atomic E-state index is -4.48. The van der Waals surface area contributed by atoms with E-state index >= 15 is 0 Å². The molecule has 2 heterocycles. The Morgan fingerprint density at radius 1 is 1.16 bits per heavy atom. The largest absolute Gasteiger partial charge is 0.417 e. The Morgan fingerprint density at radius 2 is 1.77 bits per heavy atom. The molecule has 0 saturated carbocycles. The number of benzene rings is 1. The van der Waals surface area contributed by atoms with Crippen molar-refractivity contribution in [2.24, 2.45) is 5.92 Å². The summed E-state index contributed by atoms with van der Waals surface area (Å²) in [4.78, 5) is 18.3. The number of amides is 1.